The average Bonchev–Trinajstić information content (AvgIpc) is 2.54. The number of hydrogen-bond donors (Lipinski definition) is 1. The van der Waals surface area contributed by atoms with Gasteiger partial charge in [0.15, 0.2) is 0 Å². The average molecular weight is 293 g/mol. The van der Waals surface area contributed by atoms with Crippen molar-refractivity contribution >= 4 is 0 Å². The Bertz CT molecular complexity index is 413. The number of hydrogen-bond acceptors (Lipinski definition) is 4. The summed E-state index contributed by atoms with van der Waals surface area (Å²) in [4.78, 5) is 2.38. The maximum absolute atomic E-state index is 10.6. The number of likely N-dealkylation sites (tertiary alicyclic amines) is 1. The maximum atomic E-state index is 10.6. The van der Waals surface area contributed by atoms with E-state index in [1.807, 2.05) is 24.3 Å². The molecule has 4 heteroatoms. The predicted molar refractivity (Wildman–Crippen MR) is 83.6 cm³/mol. The number of aliphatic hydroxyl groups is 1. The first-order chi connectivity index (χ1) is 10.2. The zero-order valence-corrected chi connectivity index (χ0v) is 13.3. The molecule has 4 nitrogen and oxygen atoms in total. The van der Waals surface area contributed by atoms with Crippen molar-refractivity contribution < 1.29 is 14.6 Å². The molecule has 1 fully saturated rings. The molecule has 1 N–H and O–H groups in total. The molecule has 1 aliphatic heterocycles. The molecule has 1 aromatic carbocycles. The number of rotatable bonds is 6. The molecule has 2 unspecified atom stereocenters. The fraction of sp³-hybridized carbons (Fsp3) is 0.647. The van der Waals surface area contributed by atoms with Gasteiger partial charge in [-0.3, -0.25) is 4.90 Å². The van der Waals surface area contributed by atoms with E-state index in [9.17, 15) is 5.11 Å². The van der Waals surface area contributed by atoms with E-state index in [1.165, 1.54) is 0 Å². The van der Waals surface area contributed by atoms with Crippen molar-refractivity contribution in [1.82, 2.24) is 4.90 Å². The Morgan fingerprint density at radius 3 is 2.33 bits per heavy atom. The lowest BCUT2D eigenvalue weighted by Crippen LogP contribution is -2.43. The molecule has 0 spiro atoms. The normalized spacial score (nSPS) is 20.2. The largest absolute Gasteiger partial charge is 0.497 e. The summed E-state index contributed by atoms with van der Waals surface area (Å²) in [6, 6.07) is 7.81. The zero-order chi connectivity index (χ0) is 15.2. The summed E-state index contributed by atoms with van der Waals surface area (Å²) < 4.78 is 10.4. The molecule has 2 rings (SSSR count). The highest BCUT2D eigenvalue weighted by molar-refractivity contribution is 5.29. The first-order valence-electron chi connectivity index (χ1n) is 7.70. The number of ether oxygens (including phenoxy) is 2. The minimum absolute atomic E-state index is 0.127. The van der Waals surface area contributed by atoms with Crippen molar-refractivity contribution in [1.29, 1.82) is 0 Å². The van der Waals surface area contributed by atoms with E-state index in [0.29, 0.717) is 5.92 Å². The lowest BCUT2D eigenvalue weighted by atomic mass is 9.94. The number of nitrogens with zero attached hydrogens (tertiary/aromatic N) is 1. The van der Waals surface area contributed by atoms with Gasteiger partial charge in [-0.05, 0) is 56.5 Å². The second-order valence-electron chi connectivity index (χ2n) is 5.89. The monoisotopic (exact) mass is 293 g/mol. The molecule has 0 aliphatic carbocycles. The van der Waals surface area contributed by atoms with Crippen molar-refractivity contribution in [2.45, 2.75) is 31.9 Å². The molecule has 2 atom stereocenters. The van der Waals surface area contributed by atoms with E-state index in [2.05, 4.69) is 11.8 Å². The van der Waals surface area contributed by atoms with E-state index in [-0.39, 0.29) is 6.04 Å². The van der Waals surface area contributed by atoms with Crippen LogP contribution in [0.4, 0.5) is 0 Å². The van der Waals surface area contributed by atoms with Gasteiger partial charge in [0.25, 0.3) is 0 Å². The fourth-order valence-electron chi connectivity index (χ4n) is 3.04. The maximum Gasteiger partial charge on any atom is 0.118 e. The third kappa shape index (κ3) is 4.19. The molecule has 0 saturated carbocycles. The third-order valence-corrected chi connectivity index (χ3v) is 4.54. The summed E-state index contributed by atoms with van der Waals surface area (Å²) in [5, 5.41) is 10.6. The number of benzene rings is 1. The van der Waals surface area contributed by atoms with Crippen LogP contribution in [0.25, 0.3) is 0 Å². The van der Waals surface area contributed by atoms with Crippen LogP contribution in [-0.2, 0) is 4.74 Å². The number of piperidine rings is 1. The third-order valence-electron chi connectivity index (χ3n) is 4.54. The van der Waals surface area contributed by atoms with E-state index < -0.39 is 6.10 Å². The van der Waals surface area contributed by atoms with Gasteiger partial charge < -0.3 is 14.6 Å². The summed E-state index contributed by atoms with van der Waals surface area (Å²) in [7, 11) is 3.42. The summed E-state index contributed by atoms with van der Waals surface area (Å²) >= 11 is 0. The smallest absolute Gasteiger partial charge is 0.118 e. The molecule has 0 amide bonds. The lowest BCUT2D eigenvalue weighted by molar-refractivity contribution is 0.0252. The lowest BCUT2D eigenvalue weighted by Gasteiger charge is -2.37. The van der Waals surface area contributed by atoms with Crippen LogP contribution < -0.4 is 4.74 Å². The Hall–Kier alpha value is -1.10. The van der Waals surface area contributed by atoms with Crippen LogP contribution in [0.15, 0.2) is 24.3 Å². The first kappa shape index (κ1) is 16.3. The molecular formula is C17H27NO3. The molecule has 1 aliphatic rings. The number of methoxy groups -OCH3 is 2. The van der Waals surface area contributed by atoms with E-state index in [4.69, 9.17) is 9.47 Å². The fourth-order valence-corrected chi connectivity index (χ4v) is 3.04. The second-order valence-corrected chi connectivity index (χ2v) is 5.89. The minimum Gasteiger partial charge on any atom is -0.497 e. The summed E-state index contributed by atoms with van der Waals surface area (Å²) in [5.41, 5.74) is 0.947. The van der Waals surface area contributed by atoms with Gasteiger partial charge in [0.05, 0.1) is 13.2 Å². The standard InChI is InChI=1S/C17H27NO3/c1-13(18-10-8-14(9-11-18)12-20-2)17(19)15-4-6-16(21-3)7-5-15/h4-7,13-14,17,19H,8-12H2,1-3H3. The second kappa shape index (κ2) is 7.78. The highest BCUT2D eigenvalue weighted by Crippen LogP contribution is 2.26. The summed E-state index contributed by atoms with van der Waals surface area (Å²) in [6.07, 6.45) is 1.83. The SMILES string of the molecule is COCC1CCN(C(C)C(O)c2ccc(OC)cc2)CC1. The highest BCUT2D eigenvalue weighted by Gasteiger charge is 2.27. The first-order valence-corrected chi connectivity index (χ1v) is 7.70. The van der Waals surface area contributed by atoms with Gasteiger partial charge in [0.1, 0.15) is 5.75 Å². The van der Waals surface area contributed by atoms with Crippen molar-refractivity contribution in [3.05, 3.63) is 29.8 Å². The van der Waals surface area contributed by atoms with Crippen molar-refractivity contribution in [3.8, 4) is 5.75 Å². The summed E-state index contributed by atoms with van der Waals surface area (Å²) in [5.74, 6) is 1.48. The van der Waals surface area contributed by atoms with Crippen LogP contribution in [0.3, 0.4) is 0 Å². The van der Waals surface area contributed by atoms with Gasteiger partial charge in [-0.1, -0.05) is 12.1 Å². The van der Waals surface area contributed by atoms with Gasteiger partial charge in [0.2, 0.25) is 0 Å². The number of aliphatic hydroxyl groups excluding tert-OH is 1. The Morgan fingerprint density at radius 2 is 1.81 bits per heavy atom. The molecule has 21 heavy (non-hydrogen) atoms. The molecule has 1 aromatic rings. The highest BCUT2D eigenvalue weighted by atomic mass is 16.5. The molecule has 0 radical (unpaired) electrons. The minimum atomic E-state index is -0.463. The molecular weight excluding hydrogens is 266 g/mol. The van der Waals surface area contributed by atoms with Gasteiger partial charge in [-0.15, -0.1) is 0 Å². The predicted octanol–water partition coefficient (Wildman–Crippen LogP) is 2.48. The van der Waals surface area contributed by atoms with Crippen LogP contribution in [0.1, 0.15) is 31.4 Å². The van der Waals surface area contributed by atoms with E-state index >= 15 is 0 Å². The Kier molecular flexibility index (Phi) is 6.03. The zero-order valence-electron chi connectivity index (χ0n) is 13.3. The molecule has 1 heterocycles. The Morgan fingerprint density at radius 1 is 1.19 bits per heavy atom. The van der Waals surface area contributed by atoms with Crippen LogP contribution in [-0.4, -0.2) is 50.0 Å². The Balaban J connectivity index is 1.91. The van der Waals surface area contributed by atoms with E-state index in [0.717, 1.165) is 43.9 Å². The van der Waals surface area contributed by atoms with Crippen molar-refractivity contribution in [3.63, 3.8) is 0 Å². The van der Waals surface area contributed by atoms with Crippen molar-refractivity contribution in [2.24, 2.45) is 5.92 Å². The Labute approximate surface area is 127 Å². The molecule has 0 bridgehead atoms. The van der Waals surface area contributed by atoms with Crippen LogP contribution in [0, 0.1) is 5.92 Å². The van der Waals surface area contributed by atoms with Gasteiger partial charge in [-0.25, -0.2) is 0 Å². The molecule has 118 valence electrons. The van der Waals surface area contributed by atoms with Gasteiger partial charge in [-0.2, -0.15) is 0 Å². The van der Waals surface area contributed by atoms with Crippen LogP contribution >= 0.6 is 0 Å². The summed E-state index contributed by atoms with van der Waals surface area (Å²) in [6.45, 7) is 5.01. The van der Waals surface area contributed by atoms with Gasteiger partial charge >= 0.3 is 0 Å². The molecule has 0 aromatic heterocycles. The van der Waals surface area contributed by atoms with Crippen molar-refractivity contribution in [2.75, 3.05) is 33.9 Å². The van der Waals surface area contributed by atoms with Gasteiger partial charge in [0, 0.05) is 19.8 Å². The van der Waals surface area contributed by atoms with Crippen LogP contribution in [0.2, 0.25) is 0 Å². The molecule has 1 saturated heterocycles. The van der Waals surface area contributed by atoms with E-state index in [1.54, 1.807) is 14.2 Å². The topological polar surface area (TPSA) is 41.9 Å². The quantitative estimate of drug-likeness (QED) is 0.875. The van der Waals surface area contributed by atoms with Crippen LogP contribution in [0.5, 0.6) is 5.75 Å².